The van der Waals surface area contributed by atoms with Gasteiger partial charge < -0.3 is 10.3 Å². The minimum absolute atomic E-state index is 0.000157. The van der Waals surface area contributed by atoms with E-state index in [0.29, 0.717) is 24.9 Å². The molecule has 0 atom stereocenters. The maximum Gasteiger partial charge on any atom is 0.251 e. The topological polar surface area (TPSA) is 65.2 Å². The van der Waals surface area contributed by atoms with Gasteiger partial charge in [-0.05, 0) is 63.7 Å². The molecule has 1 aliphatic rings. The van der Waals surface area contributed by atoms with Crippen molar-refractivity contribution in [2.75, 3.05) is 19.6 Å². The third-order valence-corrected chi connectivity index (χ3v) is 5.13. The molecule has 0 spiro atoms. The first-order valence-corrected chi connectivity index (χ1v) is 9.08. The van der Waals surface area contributed by atoms with E-state index in [2.05, 4.69) is 29.0 Å². The van der Waals surface area contributed by atoms with E-state index in [1.807, 2.05) is 30.3 Å². The smallest absolute Gasteiger partial charge is 0.251 e. The van der Waals surface area contributed by atoms with Crippen LogP contribution in [0.3, 0.4) is 0 Å². The summed E-state index contributed by atoms with van der Waals surface area (Å²) in [5.74, 6) is -0.000157. The fourth-order valence-electron chi connectivity index (χ4n) is 3.46. The number of rotatable bonds is 6. The van der Waals surface area contributed by atoms with Crippen LogP contribution in [0.4, 0.5) is 0 Å². The molecule has 0 saturated carbocycles. The molecule has 134 valence electrons. The van der Waals surface area contributed by atoms with Crippen LogP contribution in [-0.4, -0.2) is 41.0 Å². The molecular weight excluding hydrogens is 314 g/mol. The molecule has 1 saturated heterocycles. The van der Waals surface area contributed by atoms with Gasteiger partial charge in [0.25, 0.3) is 5.56 Å². The van der Waals surface area contributed by atoms with Gasteiger partial charge in [0.05, 0.1) is 0 Å². The zero-order valence-corrected chi connectivity index (χ0v) is 15.1. The van der Waals surface area contributed by atoms with Crippen molar-refractivity contribution in [3.63, 3.8) is 0 Å². The standard InChI is InChI=1S/C20H27N3O2/c1-20(2,23-11-5-6-12-23)14-21-18(24)10-9-16-13-15-7-3-4-8-17(15)22-19(16)25/h3-4,7-8,13H,5-6,9-12,14H2,1-2H3,(H,21,24)(H,22,25). The molecule has 5 heteroatoms. The number of nitrogens with one attached hydrogen (secondary N) is 2. The molecule has 1 amide bonds. The van der Waals surface area contributed by atoms with Gasteiger partial charge in [0, 0.05) is 29.6 Å². The van der Waals surface area contributed by atoms with Crippen LogP contribution in [-0.2, 0) is 11.2 Å². The number of pyridine rings is 1. The molecule has 2 heterocycles. The number of hydrogen-bond donors (Lipinski definition) is 2. The Balaban J connectivity index is 1.55. The molecule has 1 fully saturated rings. The molecule has 0 unspecified atom stereocenters. The van der Waals surface area contributed by atoms with Crippen LogP contribution in [0.2, 0.25) is 0 Å². The largest absolute Gasteiger partial charge is 0.354 e. The summed E-state index contributed by atoms with van der Waals surface area (Å²) in [5.41, 5.74) is 1.36. The lowest BCUT2D eigenvalue weighted by Crippen LogP contribution is -2.50. The molecule has 2 N–H and O–H groups in total. The van der Waals surface area contributed by atoms with Crippen molar-refractivity contribution >= 4 is 16.8 Å². The van der Waals surface area contributed by atoms with Gasteiger partial charge in [0.1, 0.15) is 0 Å². The monoisotopic (exact) mass is 341 g/mol. The Morgan fingerprint density at radius 1 is 1.24 bits per heavy atom. The van der Waals surface area contributed by atoms with Crippen molar-refractivity contribution in [3.8, 4) is 0 Å². The molecule has 2 aromatic rings. The maximum absolute atomic E-state index is 12.2. The third kappa shape index (κ3) is 4.28. The Morgan fingerprint density at radius 2 is 1.96 bits per heavy atom. The van der Waals surface area contributed by atoms with Crippen molar-refractivity contribution in [2.24, 2.45) is 0 Å². The number of carbonyl (C=O) groups is 1. The van der Waals surface area contributed by atoms with Crippen LogP contribution in [0.25, 0.3) is 10.9 Å². The van der Waals surface area contributed by atoms with Gasteiger partial charge in [-0.3, -0.25) is 14.5 Å². The van der Waals surface area contributed by atoms with Crippen LogP contribution in [0.5, 0.6) is 0 Å². The van der Waals surface area contributed by atoms with Crippen molar-refractivity contribution in [1.82, 2.24) is 15.2 Å². The first kappa shape index (κ1) is 17.7. The number of fused-ring (bicyclic) bond motifs is 1. The highest BCUT2D eigenvalue weighted by atomic mass is 16.1. The number of aromatic amines is 1. The maximum atomic E-state index is 12.2. The minimum Gasteiger partial charge on any atom is -0.354 e. The van der Waals surface area contributed by atoms with Crippen LogP contribution in [0.1, 0.15) is 38.7 Å². The van der Waals surface area contributed by atoms with E-state index in [4.69, 9.17) is 0 Å². The molecule has 0 aliphatic carbocycles. The second kappa shape index (κ2) is 7.40. The average Bonchev–Trinajstić information content (AvgIpc) is 3.14. The number of hydrogen-bond acceptors (Lipinski definition) is 3. The van der Waals surface area contributed by atoms with Crippen molar-refractivity contribution < 1.29 is 4.79 Å². The predicted octanol–water partition coefficient (Wildman–Crippen LogP) is 2.45. The van der Waals surface area contributed by atoms with E-state index < -0.39 is 0 Å². The first-order valence-electron chi connectivity index (χ1n) is 9.08. The lowest BCUT2D eigenvalue weighted by Gasteiger charge is -2.35. The molecule has 5 nitrogen and oxygen atoms in total. The SMILES string of the molecule is CC(C)(CNC(=O)CCc1cc2ccccc2[nH]c1=O)N1CCCC1. The van der Waals surface area contributed by atoms with E-state index in [1.54, 1.807) is 0 Å². The van der Waals surface area contributed by atoms with Crippen LogP contribution >= 0.6 is 0 Å². The van der Waals surface area contributed by atoms with Gasteiger partial charge >= 0.3 is 0 Å². The number of nitrogens with zero attached hydrogens (tertiary/aromatic N) is 1. The predicted molar refractivity (Wildman–Crippen MR) is 101 cm³/mol. The summed E-state index contributed by atoms with van der Waals surface area (Å²) in [6.45, 7) is 7.20. The summed E-state index contributed by atoms with van der Waals surface area (Å²) < 4.78 is 0. The minimum atomic E-state index is -0.108. The number of amides is 1. The Kier molecular flexibility index (Phi) is 5.23. The molecule has 1 aromatic carbocycles. The summed E-state index contributed by atoms with van der Waals surface area (Å²) in [4.78, 5) is 29.7. The second-order valence-corrected chi connectivity index (χ2v) is 7.49. The lowest BCUT2D eigenvalue weighted by molar-refractivity contribution is -0.121. The molecular formula is C20H27N3O2. The number of H-pyrrole nitrogens is 1. The van der Waals surface area contributed by atoms with Gasteiger partial charge in [0.15, 0.2) is 0 Å². The average molecular weight is 341 g/mol. The van der Waals surface area contributed by atoms with Crippen molar-refractivity contribution in [1.29, 1.82) is 0 Å². The first-order chi connectivity index (χ1) is 12.0. The summed E-state index contributed by atoms with van der Waals surface area (Å²) in [5, 5.41) is 4.03. The van der Waals surface area contributed by atoms with Gasteiger partial charge in [-0.15, -0.1) is 0 Å². The van der Waals surface area contributed by atoms with Crippen molar-refractivity contribution in [2.45, 2.75) is 45.1 Å². The Bertz CT molecular complexity index is 804. The zero-order chi connectivity index (χ0) is 17.9. The number of para-hydroxylation sites is 1. The van der Waals surface area contributed by atoms with E-state index >= 15 is 0 Å². The van der Waals surface area contributed by atoms with Crippen LogP contribution in [0, 0.1) is 0 Å². The highest BCUT2D eigenvalue weighted by Crippen LogP contribution is 2.20. The zero-order valence-electron chi connectivity index (χ0n) is 15.1. The molecule has 1 aromatic heterocycles. The Hall–Kier alpha value is -2.14. The number of likely N-dealkylation sites (tertiary alicyclic amines) is 1. The fourth-order valence-corrected chi connectivity index (χ4v) is 3.46. The number of benzene rings is 1. The van der Waals surface area contributed by atoms with Gasteiger partial charge in [-0.2, -0.15) is 0 Å². The fraction of sp³-hybridized carbons (Fsp3) is 0.500. The second-order valence-electron chi connectivity index (χ2n) is 7.49. The summed E-state index contributed by atoms with van der Waals surface area (Å²) >= 11 is 0. The van der Waals surface area contributed by atoms with Gasteiger partial charge in [0.2, 0.25) is 5.91 Å². The summed E-state index contributed by atoms with van der Waals surface area (Å²) in [6, 6.07) is 9.57. The lowest BCUT2D eigenvalue weighted by atomic mass is 10.0. The third-order valence-electron chi connectivity index (χ3n) is 5.13. The van der Waals surface area contributed by atoms with E-state index in [1.165, 1.54) is 12.8 Å². The number of aryl methyl sites for hydroxylation is 1. The van der Waals surface area contributed by atoms with Crippen LogP contribution < -0.4 is 10.9 Å². The summed E-state index contributed by atoms with van der Waals surface area (Å²) in [6.07, 6.45) is 3.26. The molecule has 0 radical (unpaired) electrons. The molecule has 25 heavy (non-hydrogen) atoms. The normalized spacial score (nSPS) is 15.6. The molecule has 1 aliphatic heterocycles. The highest BCUT2D eigenvalue weighted by Gasteiger charge is 2.29. The molecule has 0 bridgehead atoms. The van der Waals surface area contributed by atoms with E-state index in [0.717, 1.165) is 24.0 Å². The Morgan fingerprint density at radius 3 is 2.72 bits per heavy atom. The van der Waals surface area contributed by atoms with E-state index in [9.17, 15) is 9.59 Å². The van der Waals surface area contributed by atoms with Crippen molar-refractivity contribution in [3.05, 3.63) is 46.2 Å². The van der Waals surface area contributed by atoms with E-state index in [-0.39, 0.29) is 17.0 Å². The quantitative estimate of drug-likeness (QED) is 0.848. The van der Waals surface area contributed by atoms with Crippen LogP contribution in [0.15, 0.2) is 35.1 Å². The molecule has 3 rings (SSSR count). The van der Waals surface area contributed by atoms with Gasteiger partial charge in [-0.25, -0.2) is 0 Å². The Labute approximate surface area is 148 Å². The number of carbonyl (C=O) groups excluding carboxylic acids is 1. The highest BCUT2D eigenvalue weighted by molar-refractivity contribution is 5.79. The summed E-state index contributed by atoms with van der Waals surface area (Å²) in [7, 11) is 0. The van der Waals surface area contributed by atoms with Gasteiger partial charge in [-0.1, -0.05) is 18.2 Å². The number of aromatic nitrogens is 1.